The van der Waals surface area contributed by atoms with Gasteiger partial charge in [0.2, 0.25) is 5.91 Å². The molecule has 1 heterocycles. The Hall–Kier alpha value is -2.00. The zero-order valence-electron chi connectivity index (χ0n) is 10.2. The maximum absolute atomic E-state index is 12.1. The molecule has 1 aromatic carbocycles. The van der Waals surface area contributed by atoms with Crippen molar-refractivity contribution in [3.05, 3.63) is 46.3 Å². The lowest BCUT2D eigenvalue weighted by Gasteiger charge is -2.16. The lowest BCUT2D eigenvalue weighted by atomic mass is 10.0. The normalized spacial score (nSPS) is 18.8. The number of carbonyl (C=O) groups excluding carboxylic acids is 1. The maximum atomic E-state index is 12.1. The molecule has 5 nitrogen and oxygen atoms in total. The van der Waals surface area contributed by atoms with E-state index in [1.165, 1.54) is 0 Å². The van der Waals surface area contributed by atoms with Crippen molar-refractivity contribution in [2.45, 2.75) is 19.4 Å². The Bertz CT molecular complexity index is 453. The highest BCUT2D eigenvalue weighted by Crippen LogP contribution is 2.23. The fourth-order valence-corrected chi connectivity index (χ4v) is 2.29. The summed E-state index contributed by atoms with van der Waals surface area (Å²) in [7, 11) is 0. The van der Waals surface area contributed by atoms with Gasteiger partial charge < -0.3 is 4.90 Å². The molecule has 0 bridgehead atoms. The molecule has 1 saturated heterocycles. The number of hydrogen-bond acceptors (Lipinski definition) is 2. The molecule has 1 atom stereocenters. The van der Waals surface area contributed by atoms with Crippen molar-refractivity contribution < 1.29 is 4.79 Å². The number of carbonyl (C=O) groups is 1. The fraction of sp³-hybridized carbons (Fsp3) is 0.462. The molecular formula is C13H16N4O. The lowest BCUT2D eigenvalue weighted by Crippen LogP contribution is -2.27. The van der Waals surface area contributed by atoms with Crippen molar-refractivity contribution in [1.29, 1.82) is 0 Å². The second-order valence-electron chi connectivity index (χ2n) is 4.47. The minimum Gasteiger partial charge on any atom is -0.338 e. The zero-order valence-corrected chi connectivity index (χ0v) is 10.2. The van der Waals surface area contributed by atoms with Crippen LogP contribution >= 0.6 is 0 Å². The highest BCUT2D eigenvalue weighted by Gasteiger charge is 2.30. The van der Waals surface area contributed by atoms with E-state index in [1.54, 1.807) is 0 Å². The molecule has 1 aromatic rings. The summed E-state index contributed by atoms with van der Waals surface area (Å²) in [5.41, 5.74) is 9.37. The number of amides is 1. The first-order valence-corrected chi connectivity index (χ1v) is 6.15. The van der Waals surface area contributed by atoms with Crippen LogP contribution in [0.1, 0.15) is 18.4 Å². The van der Waals surface area contributed by atoms with Gasteiger partial charge in [0.15, 0.2) is 0 Å². The molecule has 0 aliphatic carbocycles. The maximum Gasteiger partial charge on any atom is 0.226 e. The smallest absolute Gasteiger partial charge is 0.226 e. The van der Waals surface area contributed by atoms with Gasteiger partial charge >= 0.3 is 0 Å². The van der Waals surface area contributed by atoms with E-state index in [9.17, 15) is 4.79 Å². The minimum absolute atomic E-state index is 0.0270. The third-order valence-corrected chi connectivity index (χ3v) is 3.27. The summed E-state index contributed by atoms with van der Waals surface area (Å²) >= 11 is 0. The van der Waals surface area contributed by atoms with Crippen molar-refractivity contribution in [2.24, 2.45) is 11.0 Å². The summed E-state index contributed by atoms with van der Waals surface area (Å²) in [6, 6.07) is 9.99. The van der Waals surface area contributed by atoms with Crippen LogP contribution in [0.4, 0.5) is 0 Å². The van der Waals surface area contributed by atoms with Crippen LogP contribution in [0.5, 0.6) is 0 Å². The molecule has 0 saturated carbocycles. The molecule has 0 spiro atoms. The fourth-order valence-electron chi connectivity index (χ4n) is 2.29. The van der Waals surface area contributed by atoms with Gasteiger partial charge in [-0.05, 0) is 23.9 Å². The quantitative estimate of drug-likeness (QED) is 0.446. The third-order valence-electron chi connectivity index (χ3n) is 3.27. The predicted octanol–water partition coefficient (Wildman–Crippen LogP) is 2.74. The van der Waals surface area contributed by atoms with E-state index < -0.39 is 0 Å². The summed E-state index contributed by atoms with van der Waals surface area (Å²) in [6.07, 6.45) is 1.53. The summed E-state index contributed by atoms with van der Waals surface area (Å²) in [6.45, 7) is 1.89. The molecule has 2 rings (SSSR count). The van der Waals surface area contributed by atoms with Crippen LogP contribution in [0, 0.1) is 5.92 Å². The molecule has 1 amide bonds. The van der Waals surface area contributed by atoms with E-state index >= 15 is 0 Å². The zero-order chi connectivity index (χ0) is 12.8. The first-order chi connectivity index (χ1) is 8.81. The molecule has 1 aliphatic rings. The Kier molecular flexibility index (Phi) is 4.20. The van der Waals surface area contributed by atoms with Crippen LogP contribution in [0.25, 0.3) is 10.4 Å². The number of hydrogen-bond donors (Lipinski definition) is 0. The molecule has 0 aromatic heterocycles. The Labute approximate surface area is 106 Å². The first kappa shape index (κ1) is 12.5. The van der Waals surface area contributed by atoms with Crippen LogP contribution in [-0.2, 0) is 11.3 Å². The SMILES string of the molecule is [N-]=[N+]=NCC[C@@H]1CCN(Cc2ccccc2)C1=O. The van der Waals surface area contributed by atoms with Gasteiger partial charge in [-0.2, -0.15) is 0 Å². The Morgan fingerprint density at radius 2 is 2.17 bits per heavy atom. The summed E-state index contributed by atoms with van der Waals surface area (Å²) in [5.74, 6) is 0.214. The van der Waals surface area contributed by atoms with Gasteiger partial charge in [0, 0.05) is 30.5 Å². The number of azide groups is 1. The Morgan fingerprint density at radius 1 is 1.39 bits per heavy atom. The van der Waals surface area contributed by atoms with Crippen molar-refractivity contribution >= 4 is 5.91 Å². The van der Waals surface area contributed by atoms with E-state index in [2.05, 4.69) is 10.0 Å². The van der Waals surface area contributed by atoms with Crippen molar-refractivity contribution in [1.82, 2.24) is 4.90 Å². The molecule has 18 heavy (non-hydrogen) atoms. The summed E-state index contributed by atoms with van der Waals surface area (Å²) in [4.78, 5) is 16.7. The van der Waals surface area contributed by atoms with Crippen LogP contribution in [0.3, 0.4) is 0 Å². The first-order valence-electron chi connectivity index (χ1n) is 6.15. The molecule has 5 heteroatoms. The monoisotopic (exact) mass is 244 g/mol. The molecule has 94 valence electrons. The van der Waals surface area contributed by atoms with Crippen molar-refractivity contribution in [3.63, 3.8) is 0 Å². The number of benzene rings is 1. The average molecular weight is 244 g/mol. The van der Waals surface area contributed by atoms with Gasteiger partial charge in [-0.25, -0.2) is 0 Å². The van der Waals surface area contributed by atoms with Gasteiger partial charge in [-0.1, -0.05) is 35.4 Å². The standard InChI is InChI=1S/C13H16N4O/c14-16-15-8-6-12-7-9-17(13(12)18)10-11-4-2-1-3-5-11/h1-5,12H,6-10H2/t12-/m1/s1. The van der Waals surface area contributed by atoms with E-state index in [0.29, 0.717) is 19.5 Å². The van der Waals surface area contributed by atoms with Gasteiger partial charge in [0.05, 0.1) is 0 Å². The second kappa shape index (κ2) is 6.07. The molecule has 0 N–H and O–H groups in total. The van der Waals surface area contributed by atoms with E-state index in [-0.39, 0.29) is 11.8 Å². The van der Waals surface area contributed by atoms with E-state index in [0.717, 1.165) is 18.5 Å². The molecule has 1 aliphatic heterocycles. The summed E-state index contributed by atoms with van der Waals surface area (Å²) < 4.78 is 0. The van der Waals surface area contributed by atoms with E-state index in [4.69, 9.17) is 5.53 Å². The molecule has 0 radical (unpaired) electrons. The van der Waals surface area contributed by atoms with Crippen LogP contribution < -0.4 is 0 Å². The summed E-state index contributed by atoms with van der Waals surface area (Å²) in [5, 5.41) is 3.49. The topological polar surface area (TPSA) is 69.1 Å². The average Bonchev–Trinajstić information content (AvgIpc) is 2.73. The van der Waals surface area contributed by atoms with Crippen LogP contribution in [-0.4, -0.2) is 23.9 Å². The van der Waals surface area contributed by atoms with Crippen molar-refractivity contribution in [2.75, 3.05) is 13.1 Å². The lowest BCUT2D eigenvalue weighted by molar-refractivity contribution is -0.131. The van der Waals surface area contributed by atoms with Crippen molar-refractivity contribution in [3.8, 4) is 0 Å². The highest BCUT2D eigenvalue weighted by molar-refractivity contribution is 5.80. The van der Waals surface area contributed by atoms with E-state index in [1.807, 2.05) is 35.2 Å². The highest BCUT2D eigenvalue weighted by atomic mass is 16.2. The van der Waals surface area contributed by atoms with Gasteiger partial charge in [0.25, 0.3) is 0 Å². The number of likely N-dealkylation sites (tertiary alicyclic amines) is 1. The third kappa shape index (κ3) is 3.02. The molecule has 0 unspecified atom stereocenters. The predicted molar refractivity (Wildman–Crippen MR) is 68.6 cm³/mol. The Morgan fingerprint density at radius 3 is 2.89 bits per heavy atom. The second-order valence-corrected chi connectivity index (χ2v) is 4.47. The largest absolute Gasteiger partial charge is 0.338 e. The van der Waals surface area contributed by atoms with Gasteiger partial charge in [-0.15, -0.1) is 0 Å². The Balaban J connectivity index is 1.89. The number of nitrogens with zero attached hydrogens (tertiary/aromatic N) is 4. The molecular weight excluding hydrogens is 228 g/mol. The van der Waals surface area contributed by atoms with Crippen LogP contribution in [0.15, 0.2) is 35.4 Å². The van der Waals surface area contributed by atoms with Gasteiger partial charge in [-0.3, -0.25) is 4.79 Å². The number of rotatable bonds is 5. The van der Waals surface area contributed by atoms with Crippen LogP contribution in [0.2, 0.25) is 0 Å². The molecule has 1 fully saturated rings. The minimum atomic E-state index is 0.0270. The van der Waals surface area contributed by atoms with Gasteiger partial charge in [0.1, 0.15) is 0 Å².